The molecule has 3 aromatic rings. The summed E-state index contributed by atoms with van der Waals surface area (Å²) in [6.07, 6.45) is 9.67. The van der Waals surface area contributed by atoms with Gasteiger partial charge in [-0.25, -0.2) is 4.99 Å². The van der Waals surface area contributed by atoms with Gasteiger partial charge in [0.2, 0.25) is 0 Å². The molecule has 7 heteroatoms. The van der Waals surface area contributed by atoms with Crippen molar-refractivity contribution in [3.8, 4) is 0 Å². The number of aliphatic carboxylic acids is 1. The van der Waals surface area contributed by atoms with Crippen LogP contribution in [0.2, 0.25) is 0 Å². The number of carboxylic acids is 1. The van der Waals surface area contributed by atoms with Gasteiger partial charge in [-0.1, -0.05) is 90.5 Å². The lowest BCUT2D eigenvalue weighted by Gasteiger charge is -2.09. The SMILES string of the molecule is CCCCCCCCCC(=O)O.CCCNC(=S)N=c1cccc2c(c1)[nH]c1c(NCC(C)C)cccc12. The third-order valence-electron chi connectivity index (χ3n) is 6.18. The van der Waals surface area contributed by atoms with E-state index < -0.39 is 5.97 Å². The Bertz CT molecular complexity index is 1220. The molecule has 0 radical (unpaired) electrons. The van der Waals surface area contributed by atoms with Gasteiger partial charge in [-0.15, -0.1) is 0 Å². The number of anilines is 1. The number of hydrogen-bond donors (Lipinski definition) is 4. The number of benzene rings is 1. The molecule has 1 heterocycles. The van der Waals surface area contributed by atoms with Crippen molar-refractivity contribution < 1.29 is 9.90 Å². The Kier molecular flexibility index (Phi) is 14.5. The Balaban J connectivity index is 0.000000358. The first-order chi connectivity index (χ1) is 18.3. The van der Waals surface area contributed by atoms with Gasteiger partial charge >= 0.3 is 5.97 Å². The highest BCUT2D eigenvalue weighted by Crippen LogP contribution is 2.29. The van der Waals surface area contributed by atoms with Crippen molar-refractivity contribution in [2.75, 3.05) is 18.4 Å². The summed E-state index contributed by atoms with van der Waals surface area (Å²) in [5.41, 5.74) is 3.32. The van der Waals surface area contributed by atoms with Crippen molar-refractivity contribution >= 4 is 50.8 Å². The molecule has 4 N–H and O–H groups in total. The highest BCUT2D eigenvalue weighted by Gasteiger charge is 2.07. The lowest BCUT2D eigenvalue weighted by atomic mass is 10.1. The molecule has 1 aromatic heterocycles. The van der Waals surface area contributed by atoms with E-state index >= 15 is 0 Å². The molecule has 0 aliphatic carbocycles. The van der Waals surface area contributed by atoms with Crippen LogP contribution in [-0.2, 0) is 4.79 Å². The average molecular weight is 539 g/mol. The lowest BCUT2D eigenvalue weighted by molar-refractivity contribution is -0.137. The molecule has 0 saturated carbocycles. The first-order valence-electron chi connectivity index (χ1n) is 14.2. The second-order valence-electron chi connectivity index (χ2n) is 10.2. The molecule has 0 spiro atoms. The number of rotatable bonds is 13. The highest BCUT2D eigenvalue weighted by molar-refractivity contribution is 7.80. The fourth-order valence-electron chi connectivity index (χ4n) is 4.14. The Morgan fingerprint density at radius 3 is 2.34 bits per heavy atom. The molecule has 0 saturated heterocycles. The van der Waals surface area contributed by atoms with E-state index in [0.717, 1.165) is 54.4 Å². The van der Waals surface area contributed by atoms with Crippen molar-refractivity contribution in [2.24, 2.45) is 10.9 Å². The normalized spacial score (nSPS) is 11.4. The summed E-state index contributed by atoms with van der Waals surface area (Å²) >= 11 is 5.30. The molecule has 0 aliphatic heterocycles. The molecule has 0 aliphatic rings. The maximum Gasteiger partial charge on any atom is 0.303 e. The standard InChI is InChI=1S/C21H26N4S.C10H20O2/c1-4-11-22-21(26)24-15-7-5-8-16-17-9-6-10-18(23-13-14(2)3)20(17)25-19(16)12-15;1-2-3-4-5-6-7-8-9-10(11)12/h5-10,12,14,23,25H,4,11,13H2,1-3H3,(H,22,26);2-9H2,1H3,(H,11,12). The third kappa shape index (κ3) is 11.2. The number of unbranched alkanes of at least 4 members (excludes halogenated alkanes) is 6. The second kappa shape index (κ2) is 17.6. The number of H-pyrrole nitrogens is 1. The number of para-hydroxylation sites is 1. The third-order valence-corrected chi connectivity index (χ3v) is 6.41. The molecule has 2 aromatic carbocycles. The van der Waals surface area contributed by atoms with E-state index in [1.54, 1.807) is 0 Å². The molecule has 0 amide bonds. The zero-order valence-corrected chi connectivity index (χ0v) is 24.4. The smallest absolute Gasteiger partial charge is 0.303 e. The Labute approximate surface area is 233 Å². The Morgan fingerprint density at radius 2 is 1.66 bits per heavy atom. The summed E-state index contributed by atoms with van der Waals surface area (Å²) in [7, 11) is 0. The van der Waals surface area contributed by atoms with Crippen molar-refractivity contribution in [1.29, 1.82) is 0 Å². The number of carboxylic acid groups (broad SMARTS) is 1. The van der Waals surface area contributed by atoms with Crippen molar-refractivity contribution in [3.63, 3.8) is 0 Å². The van der Waals surface area contributed by atoms with E-state index in [1.807, 2.05) is 12.1 Å². The molecule has 0 unspecified atom stereocenters. The minimum absolute atomic E-state index is 0.341. The van der Waals surface area contributed by atoms with Crippen LogP contribution in [0.4, 0.5) is 5.69 Å². The van der Waals surface area contributed by atoms with E-state index in [4.69, 9.17) is 17.3 Å². The number of fused-ring (bicyclic) bond motifs is 3. The van der Waals surface area contributed by atoms with E-state index in [2.05, 4.69) is 78.6 Å². The molecular formula is C31H46N4O2S. The van der Waals surface area contributed by atoms with Crippen molar-refractivity contribution in [3.05, 3.63) is 47.8 Å². The topological polar surface area (TPSA) is 89.5 Å². The predicted molar refractivity (Wildman–Crippen MR) is 166 cm³/mol. The molecule has 0 atom stereocenters. The molecule has 208 valence electrons. The number of hydrogen-bond acceptors (Lipinski definition) is 3. The summed E-state index contributed by atoms with van der Waals surface area (Å²) in [6.45, 7) is 10.5. The zero-order chi connectivity index (χ0) is 27.8. The van der Waals surface area contributed by atoms with Gasteiger partial charge in [0.15, 0.2) is 5.11 Å². The summed E-state index contributed by atoms with van der Waals surface area (Å²) in [4.78, 5) is 18.2. The molecular weight excluding hydrogens is 492 g/mol. The number of carbonyl (C=O) groups is 1. The highest BCUT2D eigenvalue weighted by atomic mass is 32.1. The van der Waals surface area contributed by atoms with Crippen LogP contribution in [0, 0.1) is 5.92 Å². The van der Waals surface area contributed by atoms with E-state index in [9.17, 15) is 4.79 Å². The fourth-order valence-corrected chi connectivity index (χ4v) is 4.35. The quantitative estimate of drug-likeness (QED) is 0.132. The van der Waals surface area contributed by atoms with Gasteiger partial charge in [-0.3, -0.25) is 4.79 Å². The summed E-state index contributed by atoms with van der Waals surface area (Å²) in [5.74, 6) is -0.0713. The zero-order valence-electron chi connectivity index (χ0n) is 23.6. The maximum absolute atomic E-state index is 10.1. The number of nitrogens with one attached hydrogen (secondary N) is 3. The van der Waals surface area contributed by atoms with Gasteiger partial charge in [0, 0.05) is 35.8 Å². The van der Waals surface area contributed by atoms with Crippen molar-refractivity contribution in [2.45, 2.75) is 85.5 Å². The van der Waals surface area contributed by atoms with Gasteiger partial charge in [-0.05, 0) is 49.2 Å². The van der Waals surface area contributed by atoms with Gasteiger partial charge in [0.25, 0.3) is 0 Å². The summed E-state index contributed by atoms with van der Waals surface area (Å²) < 4.78 is 0. The second-order valence-corrected chi connectivity index (χ2v) is 10.5. The van der Waals surface area contributed by atoms with Crippen molar-refractivity contribution in [1.82, 2.24) is 10.3 Å². The van der Waals surface area contributed by atoms with E-state index in [0.29, 0.717) is 17.5 Å². The van der Waals surface area contributed by atoms with E-state index in [1.165, 1.54) is 42.9 Å². The molecule has 6 nitrogen and oxygen atoms in total. The first-order valence-corrected chi connectivity index (χ1v) is 14.6. The Hall–Kier alpha value is -2.93. The first kappa shape index (κ1) is 31.3. The average Bonchev–Trinajstić information content (AvgIpc) is 3.11. The summed E-state index contributed by atoms with van der Waals surface area (Å²) in [5, 5.41) is 18.8. The number of nitrogens with zero attached hydrogens (tertiary/aromatic N) is 1. The van der Waals surface area contributed by atoms with Crippen LogP contribution in [-0.4, -0.2) is 34.3 Å². The minimum atomic E-state index is -0.663. The van der Waals surface area contributed by atoms with Gasteiger partial charge in [0.05, 0.1) is 16.6 Å². The van der Waals surface area contributed by atoms with Crippen LogP contribution in [0.5, 0.6) is 0 Å². The van der Waals surface area contributed by atoms with Crippen LogP contribution in [0.15, 0.2) is 47.5 Å². The van der Waals surface area contributed by atoms with Gasteiger partial charge < -0.3 is 20.7 Å². The number of thiocarbonyl (C=S) groups is 1. The van der Waals surface area contributed by atoms with Crippen LogP contribution in [0.25, 0.3) is 21.8 Å². The number of aromatic amines is 1. The van der Waals surface area contributed by atoms with Gasteiger partial charge in [-0.2, -0.15) is 0 Å². The molecule has 0 bridgehead atoms. The fraction of sp³-hybridized carbons (Fsp3) is 0.516. The minimum Gasteiger partial charge on any atom is -0.481 e. The molecule has 38 heavy (non-hydrogen) atoms. The monoisotopic (exact) mass is 538 g/mol. The van der Waals surface area contributed by atoms with Crippen LogP contribution >= 0.6 is 12.2 Å². The maximum atomic E-state index is 10.1. The van der Waals surface area contributed by atoms with Gasteiger partial charge in [0.1, 0.15) is 0 Å². The number of aromatic nitrogens is 1. The van der Waals surface area contributed by atoms with E-state index in [-0.39, 0.29) is 0 Å². The van der Waals surface area contributed by atoms with Crippen LogP contribution in [0.1, 0.15) is 85.5 Å². The summed E-state index contributed by atoms with van der Waals surface area (Å²) in [6, 6.07) is 14.6. The Morgan fingerprint density at radius 1 is 0.974 bits per heavy atom. The van der Waals surface area contributed by atoms with Crippen LogP contribution in [0.3, 0.4) is 0 Å². The predicted octanol–water partition coefficient (Wildman–Crippen LogP) is 7.79. The lowest BCUT2D eigenvalue weighted by Crippen LogP contribution is -2.22. The molecule has 0 fully saturated rings. The molecule has 3 rings (SSSR count). The largest absolute Gasteiger partial charge is 0.481 e. The van der Waals surface area contributed by atoms with Crippen LogP contribution < -0.4 is 16.0 Å².